The van der Waals surface area contributed by atoms with Crippen molar-refractivity contribution >= 4 is 62.4 Å². The maximum absolute atomic E-state index is 13.2. The smallest absolute Gasteiger partial charge is 0.237 e. The Morgan fingerprint density at radius 1 is 1.29 bits per heavy atom. The van der Waals surface area contributed by atoms with Gasteiger partial charge in [-0.25, -0.2) is 0 Å². The van der Waals surface area contributed by atoms with Crippen LogP contribution in [0.25, 0.3) is 0 Å². The van der Waals surface area contributed by atoms with Crippen molar-refractivity contribution in [3.05, 3.63) is 50.6 Å². The molecular formula is C22H22BrN3O3S2. The lowest BCUT2D eigenvalue weighted by atomic mass is 10.2. The van der Waals surface area contributed by atoms with Crippen molar-refractivity contribution in [2.75, 3.05) is 18.0 Å². The number of carbonyl (C=O) groups is 3. The molecule has 1 saturated heterocycles. The van der Waals surface area contributed by atoms with Crippen LogP contribution in [-0.2, 0) is 14.4 Å². The van der Waals surface area contributed by atoms with Crippen molar-refractivity contribution in [1.29, 1.82) is 0 Å². The Bertz CT molecular complexity index is 1020. The Hall–Kier alpha value is -2.28. The van der Waals surface area contributed by atoms with Gasteiger partial charge in [0.25, 0.3) is 0 Å². The highest BCUT2D eigenvalue weighted by atomic mass is 79.9. The molecule has 0 saturated carbocycles. The summed E-state index contributed by atoms with van der Waals surface area (Å²) < 4.78 is 0.925. The Labute approximate surface area is 198 Å². The molecule has 1 aliphatic heterocycles. The number of anilines is 1. The zero-order chi connectivity index (χ0) is 22.5. The molecule has 0 unspecified atom stereocenters. The van der Waals surface area contributed by atoms with Crippen molar-refractivity contribution in [1.82, 2.24) is 4.90 Å². The summed E-state index contributed by atoms with van der Waals surface area (Å²) in [4.78, 5) is 41.7. The first kappa shape index (κ1) is 23.4. The van der Waals surface area contributed by atoms with Gasteiger partial charge in [0.15, 0.2) is 0 Å². The van der Waals surface area contributed by atoms with Gasteiger partial charge in [0, 0.05) is 41.7 Å². The lowest BCUT2D eigenvalue weighted by molar-refractivity contribution is -0.132. The molecule has 2 heterocycles. The standard InChI is InChI=1S/C22H22BrN3O3S2/c1-3-14-10-12-30-20(14)22-26(11-9-18(24)27)21(29)17(31-22)13-19(28)25(4-2)16-7-5-15(23)6-8-16/h1,5-8,10,12,17,22H,4,9,11,13H2,2H3,(H2,24,27)/t17-,22+/m1/s1. The molecule has 0 radical (unpaired) electrons. The van der Waals surface area contributed by atoms with Crippen LogP contribution in [0.2, 0.25) is 0 Å². The minimum absolute atomic E-state index is 0.0558. The number of thioether (sulfide) groups is 1. The van der Waals surface area contributed by atoms with E-state index in [9.17, 15) is 14.4 Å². The van der Waals surface area contributed by atoms with Crippen LogP contribution in [0.1, 0.15) is 35.6 Å². The zero-order valence-corrected chi connectivity index (χ0v) is 20.1. The fourth-order valence-electron chi connectivity index (χ4n) is 3.41. The van der Waals surface area contributed by atoms with E-state index < -0.39 is 11.2 Å². The second-order valence-corrected chi connectivity index (χ2v) is 10.0. The molecule has 3 amide bonds. The second kappa shape index (κ2) is 10.4. The summed E-state index contributed by atoms with van der Waals surface area (Å²) in [7, 11) is 0. The van der Waals surface area contributed by atoms with E-state index in [-0.39, 0.29) is 36.6 Å². The van der Waals surface area contributed by atoms with E-state index in [0.29, 0.717) is 6.54 Å². The fraction of sp³-hybridized carbons (Fsp3) is 0.318. The summed E-state index contributed by atoms with van der Waals surface area (Å²) in [5.41, 5.74) is 6.80. The summed E-state index contributed by atoms with van der Waals surface area (Å²) in [6.45, 7) is 2.59. The van der Waals surface area contributed by atoms with Gasteiger partial charge in [-0.3, -0.25) is 14.4 Å². The number of nitrogens with two attached hydrogens (primary N) is 1. The van der Waals surface area contributed by atoms with Gasteiger partial charge in [-0.1, -0.05) is 21.9 Å². The van der Waals surface area contributed by atoms with Crippen LogP contribution in [0.5, 0.6) is 0 Å². The maximum atomic E-state index is 13.2. The average Bonchev–Trinajstić information content (AvgIpc) is 3.33. The lowest BCUT2D eigenvalue weighted by Gasteiger charge is -2.23. The highest BCUT2D eigenvalue weighted by Gasteiger charge is 2.43. The fourth-order valence-corrected chi connectivity index (χ4v) is 6.26. The van der Waals surface area contributed by atoms with Crippen LogP contribution in [-0.4, -0.2) is 41.0 Å². The van der Waals surface area contributed by atoms with Gasteiger partial charge in [-0.2, -0.15) is 0 Å². The molecule has 162 valence electrons. The van der Waals surface area contributed by atoms with E-state index in [1.165, 1.54) is 23.1 Å². The molecule has 0 aliphatic carbocycles. The highest BCUT2D eigenvalue weighted by Crippen LogP contribution is 2.47. The molecule has 2 atom stereocenters. The van der Waals surface area contributed by atoms with Crippen molar-refractivity contribution < 1.29 is 14.4 Å². The van der Waals surface area contributed by atoms with Crippen molar-refractivity contribution in [3.63, 3.8) is 0 Å². The number of hydrogen-bond acceptors (Lipinski definition) is 5. The summed E-state index contributed by atoms with van der Waals surface area (Å²) in [6, 6.07) is 9.31. The molecule has 0 spiro atoms. The Balaban J connectivity index is 1.81. The SMILES string of the molecule is C#Cc1ccsc1[C@@H]1S[C@H](CC(=O)N(CC)c2ccc(Br)cc2)C(=O)N1CCC(N)=O. The number of amides is 3. The number of thiophene rings is 1. The molecule has 1 aromatic heterocycles. The number of benzene rings is 1. The van der Waals surface area contributed by atoms with Crippen molar-refractivity contribution in [3.8, 4) is 12.3 Å². The molecule has 1 fully saturated rings. The van der Waals surface area contributed by atoms with Crippen molar-refractivity contribution in [2.45, 2.75) is 30.4 Å². The minimum Gasteiger partial charge on any atom is -0.370 e. The van der Waals surface area contributed by atoms with Crippen LogP contribution in [0, 0.1) is 12.3 Å². The third kappa shape index (κ3) is 5.32. The Morgan fingerprint density at radius 2 is 2.00 bits per heavy atom. The van der Waals surface area contributed by atoms with Gasteiger partial charge in [0.1, 0.15) is 5.37 Å². The largest absolute Gasteiger partial charge is 0.370 e. The monoisotopic (exact) mass is 519 g/mol. The third-order valence-electron chi connectivity index (χ3n) is 4.92. The molecule has 0 bridgehead atoms. The van der Waals surface area contributed by atoms with E-state index >= 15 is 0 Å². The van der Waals surface area contributed by atoms with Gasteiger partial charge in [-0.15, -0.1) is 29.5 Å². The molecule has 3 rings (SSSR count). The van der Waals surface area contributed by atoms with Crippen LogP contribution in [0.4, 0.5) is 5.69 Å². The van der Waals surface area contributed by atoms with Gasteiger partial charge < -0.3 is 15.5 Å². The molecule has 2 aromatic rings. The van der Waals surface area contributed by atoms with Crippen LogP contribution < -0.4 is 10.6 Å². The topological polar surface area (TPSA) is 83.7 Å². The number of rotatable bonds is 8. The summed E-state index contributed by atoms with van der Waals surface area (Å²) in [5, 5.41) is 0.994. The number of terminal acetylenes is 1. The quantitative estimate of drug-likeness (QED) is 0.538. The first-order chi connectivity index (χ1) is 14.8. The molecule has 6 nitrogen and oxygen atoms in total. The number of primary amides is 1. The number of nitrogens with zero attached hydrogens (tertiary/aromatic N) is 2. The maximum Gasteiger partial charge on any atom is 0.237 e. The van der Waals surface area contributed by atoms with Crippen molar-refractivity contribution in [2.24, 2.45) is 5.73 Å². The second-order valence-electron chi connectivity index (χ2n) is 6.89. The van der Waals surface area contributed by atoms with Gasteiger partial charge in [0.2, 0.25) is 17.7 Å². The minimum atomic E-state index is -0.553. The highest BCUT2D eigenvalue weighted by molar-refractivity contribution is 9.10. The predicted molar refractivity (Wildman–Crippen MR) is 129 cm³/mol. The average molecular weight is 520 g/mol. The number of carbonyl (C=O) groups excluding carboxylic acids is 3. The summed E-state index contributed by atoms with van der Waals surface area (Å²) in [5.74, 6) is 1.87. The Kier molecular flexibility index (Phi) is 7.81. The molecule has 9 heteroatoms. The summed E-state index contributed by atoms with van der Waals surface area (Å²) in [6.07, 6.45) is 5.74. The van der Waals surface area contributed by atoms with E-state index in [0.717, 1.165) is 20.6 Å². The van der Waals surface area contributed by atoms with Crippen LogP contribution in [0.3, 0.4) is 0 Å². The Morgan fingerprint density at radius 3 is 2.61 bits per heavy atom. The van der Waals surface area contributed by atoms with E-state index in [1.807, 2.05) is 42.6 Å². The van der Waals surface area contributed by atoms with Crippen LogP contribution >= 0.6 is 39.0 Å². The predicted octanol–water partition coefficient (Wildman–Crippen LogP) is 3.75. The first-order valence-electron chi connectivity index (χ1n) is 9.69. The number of halogens is 1. The normalized spacial score (nSPS) is 18.1. The van der Waals surface area contributed by atoms with Gasteiger partial charge >= 0.3 is 0 Å². The summed E-state index contributed by atoms with van der Waals surface area (Å²) >= 11 is 6.27. The van der Waals surface area contributed by atoms with Gasteiger partial charge in [-0.05, 0) is 42.6 Å². The molecule has 2 N–H and O–H groups in total. The first-order valence-corrected chi connectivity index (χ1v) is 12.3. The van der Waals surface area contributed by atoms with E-state index in [1.54, 1.807) is 9.80 Å². The molecule has 1 aromatic carbocycles. The lowest BCUT2D eigenvalue weighted by Crippen LogP contribution is -2.37. The van der Waals surface area contributed by atoms with E-state index in [4.69, 9.17) is 12.2 Å². The van der Waals surface area contributed by atoms with Gasteiger partial charge in [0.05, 0.1) is 10.1 Å². The third-order valence-corrected chi connectivity index (χ3v) is 8.02. The van der Waals surface area contributed by atoms with E-state index in [2.05, 4.69) is 21.9 Å². The molecular weight excluding hydrogens is 498 g/mol. The zero-order valence-electron chi connectivity index (χ0n) is 16.9. The molecule has 31 heavy (non-hydrogen) atoms. The van der Waals surface area contributed by atoms with Crippen LogP contribution in [0.15, 0.2) is 40.2 Å². The number of hydrogen-bond donors (Lipinski definition) is 1. The molecule has 1 aliphatic rings.